The van der Waals surface area contributed by atoms with E-state index >= 15 is 0 Å². The Morgan fingerprint density at radius 1 is 1.10 bits per heavy atom. The van der Waals surface area contributed by atoms with Crippen LogP contribution in [-0.4, -0.2) is 22.3 Å². The monoisotopic (exact) mass is 294 g/mol. The molecule has 0 unspecified atom stereocenters. The number of aliphatic hydroxyl groups is 1. The first kappa shape index (κ1) is 19.7. The van der Waals surface area contributed by atoms with E-state index in [0.29, 0.717) is 0 Å². The van der Waals surface area contributed by atoms with Crippen LogP contribution in [0.1, 0.15) is 77.6 Å². The van der Waals surface area contributed by atoms with Gasteiger partial charge in [0, 0.05) is 12.8 Å². The zero-order valence-electron chi connectivity index (χ0n) is 13.3. The van der Waals surface area contributed by atoms with Gasteiger partial charge in [-0.1, -0.05) is 57.3 Å². The Morgan fingerprint density at radius 3 is 2.52 bits per heavy atom. The molecular formula is C18H30O3. The molecule has 0 amide bonds. The number of allylic oxidation sites excluding steroid dienone is 1. The molecule has 120 valence electrons. The van der Waals surface area contributed by atoms with Crippen LogP contribution in [0.3, 0.4) is 0 Å². The van der Waals surface area contributed by atoms with Crippen molar-refractivity contribution in [3.63, 3.8) is 0 Å². The third-order valence-electron chi connectivity index (χ3n) is 3.30. The average molecular weight is 294 g/mol. The van der Waals surface area contributed by atoms with E-state index in [2.05, 4.69) is 18.8 Å². The maximum absolute atomic E-state index is 10.3. The summed E-state index contributed by atoms with van der Waals surface area (Å²) in [4.78, 5) is 10.3. The lowest BCUT2D eigenvalue weighted by Crippen LogP contribution is -2.00. The van der Waals surface area contributed by atoms with E-state index in [0.717, 1.165) is 51.4 Å². The second-order valence-electron chi connectivity index (χ2n) is 5.40. The predicted molar refractivity (Wildman–Crippen MR) is 87.0 cm³/mol. The smallest absolute Gasteiger partial charge is 0.303 e. The Morgan fingerprint density at radius 2 is 1.81 bits per heavy atom. The normalized spacial score (nSPS) is 12.1. The van der Waals surface area contributed by atoms with E-state index in [1.807, 2.05) is 0 Å². The molecule has 0 aromatic heterocycles. The van der Waals surface area contributed by atoms with Gasteiger partial charge >= 0.3 is 5.97 Å². The highest BCUT2D eigenvalue weighted by Crippen LogP contribution is 2.07. The molecule has 0 aromatic rings. The topological polar surface area (TPSA) is 57.5 Å². The summed E-state index contributed by atoms with van der Waals surface area (Å²) < 4.78 is 0. The zero-order valence-corrected chi connectivity index (χ0v) is 13.3. The summed E-state index contributed by atoms with van der Waals surface area (Å²) in [5, 5.41) is 18.1. The lowest BCUT2D eigenvalue weighted by molar-refractivity contribution is -0.137. The highest BCUT2D eigenvalue weighted by atomic mass is 16.4. The summed E-state index contributed by atoms with van der Waals surface area (Å²) in [5.41, 5.74) is 0. The van der Waals surface area contributed by atoms with Gasteiger partial charge in [0.2, 0.25) is 0 Å². The van der Waals surface area contributed by atoms with Crippen molar-refractivity contribution in [3.05, 3.63) is 12.2 Å². The second-order valence-corrected chi connectivity index (χ2v) is 5.40. The van der Waals surface area contributed by atoms with Gasteiger partial charge in [-0.15, -0.1) is 0 Å². The highest BCUT2D eigenvalue weighted by molar-refractivity contribution is 5.66. The molecule has 3 heteroatoms. The van der Waals surface area contributed by atoms with Crippen LogP contribution in [-0.2, 0) is 4.79 Å². The molecule has 0 aliphatic carbocycles. The molecule has 0 radical (unpaired) electrons. The number of rotatable bonds is 12. The quantitative estimate of drug-likeness (QED) is 0.417. The summed E-state index contributed by atoms with van der Waals surface area (Å²) in [6.07, 6.45) is 13.6. The first-order valence-corrected chi connectivity index (χ1v) is 8.21. The van der Waals surface area contributed by atoms with Gasteiger partial charge < -0.3 is 10.2 Å². The summed E-state index contributed by atoms with van der Waals surface area (Å²) in [6, 6.07) is 0. The van der Waals surface area contributed by atoms with E-state index in [1.54, 1.807) is 12.2 Å². The van der Waals surface area contributed by atoms with E-state index in [9.17, 15) is 9.90 Å². The van der Waals surface area contributed by atoms with E-state index in [-0.39, 0.29) is 12.5 Å². The van der Waals surface area contributed by atoms with Crippen LogP contribution in [0.2, 0.25) is 0 Å². The molecule has 0 bridgehead atoms. The van der Waals surface area contributed by atoms with E-state index in [4.69, 9.17) is 5.11 Å². The molecule has 2 N–H and O–H groups in total. The number of aliphatic carboxylic acids is 1. The molecule has 0 rings (SSSR count). The molecule has 3 nitrogen and oxygen atoms in total. The third-order valence-corrected chi connectivity index (χ3v) is 3.30. The Kier molecular flexibility index (Phi) is 14.2. The zero-order chi connectivity index (χ0) is 15.8. The average Bonchev–Trinajstić information content (AvgIpc) is 2.44. The van der Waals surface area contributed by atoms with Gasteiger partial charge in [0.1, 0.15) is 0 Å². The van der Waals surface area contributed by atoms with Gasteiger partial charge in [0.15, 0.2) is 0 Å². The molecule has 0 aliphatic rings. The summed E-state index contributed by atoms with van der Waals surface area (Å²) in [6.45, 7) is 2.15. The molecular weight excluding hydrogens is 264 g/mol. The van der Waals surface area contributed by atoms with Gasteiger partial charge in [-0.3, -0.25) is 4.79 Å². The fourth-order valence-corrected chi connectivity index (χ4v) is 2.01. The number of hydrogen-bond acceptors (Lipinski definition) is 2. The van der Waals surface area contributed by atoms with Crippen molar-refractivity contribution in [1.29, 1.82) is 0 Å². The van der Waals surface area contributed by atoms with Crippen LogP contribution in [0.15, 0.2) is 12.2 Å². The molecule has 0 aromatic carbocycles. The van der Waals surface area contributed by atoms with Crippen LogP contribution in [0.25, 0.3) is 0 Å². The molecule has 0 spiro atoms. The van der Waals surface area contributed by atoms with E-state index < -0.39 is 5.97 Å². The van der Waals surface area contributed by atoms with Crippen molar-refractivity contribution in [3.8, 4) is 11.8 Å². The highest BCUT2D eigenvalue weighted by Gasteiger charge is 1.97. The summed E-state index contributed by atoms with van der Waals surface area (Å²) >= 11 is 0. The van der Waals surface area contributed by atoms with Crippen molar-refractivity contribution in [2.45, 2.75) is 83.7 Å². The number of carbonyl (C=O) groups is 1. The van der Waals surface area contributed by atoms with Gasteiger partial charge in [-0.2, -0.15) is 0 Å². The number of hydrogen-bond donors (Lipinski definition) is 2. The van der Waals surface area contributed by atoms with Crippen molar-refractivity contribution >= 4 is 5.97 Å². The molecule has 1 atom stereocenters. The largest absolute Gasteiger partial charge is 0.481 e. The molecule has 0 saturated carbocycles. The number of aliphatic hydroxyl groups excluding tert-OH is 1. The first-order chi connectivity index (χ1) is 10.2. The van der Waals surface area contributed by atoms with Crippen molar-refractivity contribution in [2.75, 3.05) is 0 Å². The third kappa shape index (κ3) is 16.7. The van der Waals surface area contributed by atoms with Crippen molar-refractivity contribution < 1.29 is 15.0 Å². The maximum Gasteiger partial charge on any atom is 0.303 e. The Labute approximate surface area is 129 Å². The van der Waals surface area contributed by atoms with Crippen LogP contribution < -0.4 is 0 Å². The van der Waals surface area contributed by atoms with Crippen LogP contribution in [0.5, 0.6) is 0 Å². The fourth-order valence-electron chi connectivity index (χ4n) is 2.01. The predicted octanol–water partition coefficient (Wildman–Crippen LogP) is 4.30. The Bertz CT molecular complexity index is 336. The first-order valence-electron chi connectivity index (χ1n) is 8.21. The van der Waals surface area contributed by atoms with Gasteiger partial charge in [-0.25, -0.2) is 0 Å². The lowest BCUT2D eigenvalue weighted by atomic mass is 10.1. The minimum Gasteiger partial charge on any atom is -0.481 e. The minimum absolute atomic E-state index is 0.283. The lowest BCUT2D eigenvalue weighted by Gasteiger charge is -2.02. The van der Waals surface area contributed by atoms with Crippen molar-refractivity contribution in [2.24, 2.45) is 0 Å². The van der Waals surface area contributed by atoms with Gasteiger partial charge in [0.25, 0.3) is 0 Å². The summed E-state index contributed by atoms with van der Waals surface area (Å²) in [5.74, 6) is 5.33. The molecule has 21 heavy (non-hydrogen) atoms. The SMILES string of the molecule is CCCCC[C@@H](O)/C=C/C#CCCCCCCCC(=O)O. The molecule has 0 aliphatic heterocycles. The Hall–Kier alpha value is -1.27. The molecule has 0 saturated heterocycles. The standard InChI is InChI=1S/C18H30O3/c1-2-3-11-14-17(19)15-12-9-7-5-4-6-8-10-13-16-18(20)21/h12,15,17,19H,2-6,8,10-11,13-14,16H2,1H3,(H,20,21)/b15-12+/t17-/m1/s1. The number of carboxylic acid groups (broad SMARTS) is 1. The second kappa shape index (κ2) is 15.1. The molecule has 0 fully saturated rings. The maximum atomic E-state index is 10.3. The van der Waals surface area contributed by atoms with Crippen LogP contribution in [0, 0.1) is 11.8 Å². The van der Waals surface area contributed by atoms with Crippen LogP contribution >= 0.6 is 0 Å². The number of unbranched alkanes of at least 4 members (excludes halogenated alkanes) is 7. The summed E-state index contributed by atoms with van der Waals surface area (Å²) in [7, 11) is 0. The minimum atomic E-state index is -0.704. The van der Waals surface area contributed by atoms with Crippen molar-refractivity contribution in [1.82, 2.24) is 0 Å². The van der Waals surface area contributed by atoms with Gasteiger partial charge in [-0.05, 0) is 31.4 Å². The number of carboxylic acids is 1. The van der Waals surface area contributed by atoms with E-state index in [1.165, 1.54) is 12.8 Å². The Balaban J connectivity index is 3.42. The fraction of sp³-hybridized carbons (Fsp3) is 0.722. The van der Waals surface area contributed by atoms with Gasteiger partial charge in [0.05, 0.1) is 6.10 Å². The van der Waals surface area contributed by atoms with Crippen LogP contribution in [0.4, 0.5) is 0 Å². The molecule has 0 heterocycles.